The summed E-state index contributed by atoms with van der Waals surface area (Å²) in [5.41, 5.74) is 1.72. The van der Waals surface area contributed by atoms with Crippen LogP contribution in [-0.4, -0.2) is 15.3 Å². The number of carbonyl (C=O) groups is 1. The Balaban J connectivity index is 1.80. The van der Waals surface area contributed by atoms with E-state index >= 15 is 0 Å². The van der Waals surface area contributed by atoms with E-state index in [2.05, 4.69) is 4.98 Å². The van der Waals surface area contributed by atoms with Gasteiger partial charge in [-0.15, -0.1) is 11.3 Å². The minimum absolute atomic E-state index is 0.169. The number of thiophene rings is 1. The molecule has 0 aliphatic rings. The molecule has 2 aromatic carbocycles. The molecule has 0 saturated heterocycles. The van der Waals surface area contributed by atoms with Crippen LogP contribution >= 0.6 is 46.1 Å². The van der Waals surface area contributed by atoms with Crippen molar-refractivity contribution < 1.29 is 4.79 Å². The standard InChI is InChI=1S/C21H13Cl3N2O2S/c1-11-18(12-2-4-13(22)5-3-12)19-20(29-11)25-10-26(21(19)28)9-17(27)15-7-6-14(23)8-16(15)24/h2-8,10H,9H2,1H3. The second-order valence-electron chi connectivity index (χ2n) is 6.45. The molecule has 0 aliphatic carbocycles. The van der Waals surface area contributed by atoms with Crippen LogP contribution in [0, 0.1) is 6.92 Å². The minimum Gasteiger partial charge on any atom is -0.292 e. The number of fused-ring (bicyclic) bond motifs is 1. The van der Waals surface area contributed by atoms with Crippen LogP contribution in [-0.2, 0) is 6.54 Å². The van der Waals surface area contributed by atoms with E-state index in [-0.39, 0.29) is 22.9 Å². The third-order valence-corrected chi connectivity index (χ3v) is 6.35. The first-order chi connectivity index (χ1) is 13.8. The molecular weight excluding hydrogens is 451 g/mol. The molecule has 4 aromatic rings. The fourth-order valence-electron chi connectivity index (χ4n) is 3.17. The Morgan fingerprint density at radius 2 is 1.76 bits per heavy atom. The molecule has 0 atom stereocenters. The van der Waals surface area contributed by atoms with Crippen molar-refractivity contribution >= 4 is 62.1 Å². The molecular formula is C21H13Cl3N2O2S. The van der Waals surface area contributed by atoms with E-state index in [0.717, 1.165) is 16.0 Å². The van der Waals surface area contributed by atoms with Gasteiger partial charge in [-0.25, -0.2) is 4.98 Å². The number of aromatic nitrogens is 2. The highest BCUT2D eigenvalue weighted by Gasteiger charge is 2.19. The van der Waals surface area contributed by atoms with E-state index in [9.17, 15) is 9.59 Å². The van der Waals surface area contributed by atoms with Crippen LogP contribution in [0.4, 0.5) is 0 Å². The molecule has 0 unspecified atom stereocenters. The first-order valence-corrected chi connectivity index (χ1v) is 10.5. The molecule has 0 bridgehead atoms. The normalized spacial score (nSPS) is 11.2. The Hall–Kier alpha value is -2.18. The van der Waals surface area contributed by atoms with E-state index in [1.807, 2.05) is 19.1 Å². The van der Waals surface area contributed by atoms with Crippen molar-refractivity contribution in [3.05, 3.63) is 84.7 Å². The summed E-state index contributed by atoms with van der Waals surface area (Å²) >= 11 is 19.5. The lowest BCUT2D eigenvalue weighted by Crippen LogP contribution is -2.24. The Morgan fingerprint density at radius 1 is 1.07 bits per heavy atom. The average Bonchev–Trinajstić information content (AvgIpc) is 3.01. The van der Waals surface area contributed by atoms with Crippen molar-refractivity contribution in [1.29, 1.82) is 0 Å². The zero-order valence-electron chi connectivity index (χ0n) is 15.1. The van der Waals surface area contributed by atoms with E-state index in [1.54, 1.807) is 24.3 Å². The van der Waals surface area contributed by atoms with Gasteiger partial charge in [0.2, 0.25) is 0 Å². The minimum atomic E-state index is -0.296. The molecule has 0 fully saturated rings. The second-order valence-corrected chi connectivity index (χ2v) is 8.93. The molecule has 8 heteroatoms. The van der Waals surface area contributed by atoms with Crippen LogP contribution in [0.3, 0.4) is 0 Å². The van der Waals surface area contributed by atoms with Crippen molar-refractivity contribution in [1.82, 2.24) is 9.55 Å². The third-order valence-electron chi connectivity index (χ3n) is 4.53. The Morgan fingerprint density at radius 3 is 2.45 bits per heavy atom. The summed E-state index contributed by atoms with van der Waals surface area (Å²) in [5, 5.41) is 1.80. The van der Waals surface area contributed by atoms with E-state index < -0.39 is 0 Å². The van der Waals surface area contributed by atoms with Crippen LogP contribution in [0.5, 0.6) is 0 Å². The van der Waals surface area contributed by atoms with Crippen LogP contribution in [0.1, 0.15) is 15.2 Å². The Labute approximate surface area is 185 Å². The van der Waals surface area contributed by atoms with Crippen molar-refractivity contribution in [2.45, 2.75) is 13.5 Å². The highest BCUT2D eigenvalue weighted by Crippen LogP contribution is 2.35. The smallest absolute Gasteiger partial charge is 0.263 e. The zero-order valence-corrected chi connectivity index (χ0v) is 18.2. The number of halogens is 3. The third kappa shape index (κ3) is 3.83. The molecule has 2 heterocycles. The van der Waals surface area contributed by atoms with Crippen molar-refractivity contribution in [3.63, 3.8) is 0 Å². The maximum absolute atomic E-state index is 13.2. The van der Waals surface area contributed by atoms with E-state index in [0.29, 0.717) is 25.8 Å². The molecule has 4 rings (SSSR count). The van der Waals surface area contributed by atoms with Gasteiger partial charge in [0, 0.05) is 26.0 Å². The fraction of sp³-hybridized carbons (Fsp3) is 0.0952. The summed E-state index contributed by atoms with van der Waals surface area (Å²) in [6.07, 6.45) is 1.40. The van der Waals surface area contributed by atoms with Gasteiger partial charge >= 0.3 is 0 Å². The van der Waals surface area contributed by atoms with Crippen LogP contribution in [0.15, 0.2) is 53.6 Å². The van der Waals surface area contributed by atoms with Gasteiger partial charge in [-0.2, -0.15) is 0 Å². The Bertz CT molecular complexity index is 1310. The summed E-state index contributed by atoms with van der Waals surface area (Å²) in [6, 6.07) is 11.9. The zero-order chi connectivity index (χ0) is 20.7. The average molecular weight is 464 g/mol. The predicted molar refractivity (Wildman–Crippen MR) is 120 cm³/mol. The van der Waals surface area contributed by atoms with Gasteiger partial charge in [0.1, 0.15) is 4.83 Å². The molecule has 29 heavy (non-hydrogen) atoms. The summed E-state index contributed by atoms with van der Waals surface area (Å²) in [4.78, 5) is 31.9. The first-order valence-electron chi connectivity index (χ1n) is 8.58. The first kappa shape index (κ1) is 20.1. The van der Waals surface area contributed by atoms with Crippen LogP contribution in [0.25, 0.3) is 21.3 Å². The SMILES string of the molecule is Cc1sc2ncn(CC(=O)c3ccc(Cl)cc3Cl)c(=O)c2c1-c1ccc(Cl)cc1. The predicted octanol–water partition coefficient (Wildman–Crippen LogP) is 6.28. The number of hydrogen-bond acceptors (Lipinski definition) is 4. The molecule has 0 spiro atoms. The molecule has 0 saturated carbocycles. The Kier molecular flexibility index (Phi) is 5.49. The highest BCUT2D eigenvalue weighted by molar-refractivity contribution is 7.19. The number of carbonyl (C=O) groups excluding carboxylic acids is 1. The van der Waals surface area contributed by atoms with Crippen molar-refractivity contribution in [2.24, 2.45) is 0 Å². The van der Waals surface area contributed by atoms with Gasteiger partial charge in [0.05, 0.1) is 23.3 Å². The molecule has 2 aromatic heterocycles. The van der Waals surface area contributed by atoms with Crippen LogP contribution < -0.4 is 5.56 Å². The maximum atomic E-state index is 13.2. The van der Waals surface area contributed by atoms with Gasteiger partial charge in [-0.05, 0) is 42.8 Å². The lowest BCUT2D eigenvalue weighted by atomic mass is 10.0. The lowest BCUT2D eigenvalue weighted by Gasteiger charge is -2.08. The number of aryl methyl sites for hydroxylation is 1. The van der Waals surface area contributed by atoms with Gasteiger partial charge in [0.25, 0.3) is 5.56 Å². The quantitative estimate of drug-likeness (QED) is 0.335. The summed E-state index contributed by atoms with van der Waals surface area (Å²) < 4.78 is 1.31. The van der Waals surface area contributed by atoms with Crippen molar-refractivity contribution in [3.8, 4) is 11.1 Å². The van der Waals surface area contributed by atoms with Crippen LogP contribution in [0.2, 0.25) is 15.1 Å². The maximum Gasteiger partial charge on any atom is 0.263 e. The van der Waals surface area contributed by atoms with E-state index in [1.165, 1.54) is 28.3 Å². The van der Waals surface area contributed by atoms with Gasteiger partial charge in [-0.1, -0.05) is 46.9 Å². The molecule has 0 amide bonds. The molecule has 0 aliphatic heterocycles. The fourth-order valence-corrected chi connectivity index (χ4v) is 4.81. The number of rotatable bonds is 4. The van der Waals surface area contributed by atoms with Crippen molar-refractivity contribution in [2.75, 3.05) is 0 Å². The molecule has 0 N–H and O–H groups in total. The number of nitrogens with zero attached hydrogens (tertiary/aromatic N) is 2. The number of benzene rings is 2. The topological polar surface area (TPSA) is 52.0 Å². The lowest BCUT2D eigenvalue weighted by molar-refractivity contribution is 0.0971. The molecule has 4 nitrogen and oxygen atoms in total. The summed E-state index contributed by atoms with van der Waals surface area (Å²) in [7, 11) is 0. The van der Waals surface area contributed by atoms with Gasteiger partial charge in [0.15, 0.2) is 5.78 Å². The van der Waals surface area contributed by atoms with Gasteiger partial charge in [-0.3, -0.25) is 14.2 Å². The largest absolute Gasteiger partial charge is 0.292 e. The second kappa shape index (κ2) is 7.92. The van der Waals surface area contributed by atoms with Gasteiger partial charge < -0.3 is 0 Å². The monoisotopic (exact) mass is 462 g/mol. The molecule has 0 radical (unpaired) electrons. The van der Waals surface area contributed by atoms with E-state index in [4.69, 9.17) is 34.8 Å². The number of hydrogen-bond donors (Lipinski definition) is 0. The highest BCUT2D eigenvalue weighted by atomic mass is 35.5. The summed E-state index contributed by atoms with van der Waals surface area (Å²) in [6.45, 7) is 1.77. The summed E-state index contributed by atoms with van der Waals surface area (Å²) in [5.74, 6) is -0.296. The number of ketones is 1. The molecule has 146 valence electrons. The number of Topliss-reactive ketones (excluding diaryl/α,β-unsaturated/α-hetero) is 1.